The standard InChI is InChI=1S/C20H22N4O2S/c25-27(26,19-9-3-6-17-7-4-11-22-20(17)19)24-13-5-12-23(14-15-24)16-18-8-1-2-10-21-18/h1-4,6-11H,5,12-16H2. The fourth-order valence-electron chi connectivity index (χ4n) is 3.49. The predicted molar refractivity (Wildman–Crippen MR) is 105 cm³/mol. The van der Waals surface area contributed by atoms with Gasteiger partial charge in [0.2, 0.25) is 10.0 Å². The summed E-state index contributed by atoms with van der Waals surface area (Å²) in [5.74, 6) is 0. The van der Waals surface area contributed by atoms with Crippen molar-refractivity contribution in [2.75, 3.05) is 26.2 Å². The van der Waals surface area contributed by atoms with Crippen molar-refractivity contribution >= 4 is 20.9 Å². The topological polar surface area (TPSA) is 66.4 Å². The van der Waals surface area contributed by atoms with Crippen LogP contribution in [-0.4, -0.2) is 53.8 Å². The van der Waals surface area contributed by atoms with Crippen molar-refractivity contribution in [1.29, 1.82) is 0 Å². The molecular weight excluding hydrogens is 360 g/mol. The number of rotatable bonds is 4. The summed E-state index contributed by atoms with van der Waals surface area (Å²) in [4.78, 5) is 11.2. The van der Waals surface area contributed by atoms with E-state index in [9.17, 15) is 8.42 Å². The second-order valence-corrected chi connectivity index (χ2v) is 8.59. The van der Waals surface area contributed by atoms with E-state index in [1.807, 2.05) is 36.4 Å². The van der Waals surface area contributed by atoms with E-state index in [1.165, 1.54) is 0 Å². The minimum atomic E-state index is -3.58. The smallest absolute Gasteiger partial charge is 0.245 e. The molecule has 7 heteroatoms. The normalized spacial score (nSPS) is 17.0. The average Bonchev–Trinajstić information content (AvgIpc) is 2.94. The number of hydrogen-bond acceptors (Lipinski definition) is 5. The van der Waals surface area contributed by atoms with Gasteiger partial charge in [-0.25, -0.2) is 8.42 Å². The lowest BCUT2D eigenvalue weighted by atomic mass is 10.2. The van der Waals surface area contributed by atoms with Crippen LogP contribution in [-0.2, 0) is 16.6 Å². The van der Waals surface area contributed by atoms with E-state index in [4.69, 9.17) is 0 Å². The van der Waals surface area contributed by atoms with Gasteiger partial charge in [-0.1, -0.05) is 24.3 Å². The van der Waals surface area contributed by atoms with Gasteiger partial charge in [-0.15, -0.1) is 0 Å². The lowest BCUT2D eigenvalue weighted by Crippen LogP contribution is -2.35. The van der Waals surface area contributed by atoms with E-state index in [0.717, 1.165) is 30.6 Å². The summed E-state index contributed by atoms with van der Waals surface area (Å²) in [5.41, 5.74) is 1.54. The van der Waals surface area contributed by atoms with Crippen molar-refractivity contribution < 1.29 is 8.42 Å². The molecule has 0 radical (unpaired) electrons. The summed E-state index contributed by atoms with van der Waals surface area (Å²) in [5, 5.41) is 0.838. The molecule has 6 nitrogen and oxygen atoms in total. The van der Waals surface area contributed by atoms with Crippen LogP contribution in [0, 0.1) is 0 Å². The van der Waals surface area contributed by atoms with Gasteiger partial charge in [0.05, 0.1) is 11.2 Å². The minimum absolute atomic E-state index is 0.291. The quantitative estimate of drug-likeness (QED) is 0.694. The molecule has 0 bridgehead atoms. The van der Waals surface area contributed by atoms with Gasteiger partial charge in [0.25, 0.3) is 0 Å². The van der Waals surface area contributed by atoms with Gasteiger partial charge >= 0.3 is 0 Å². The Kier molecular flexibility index (Phi) is 5.15. The minimum Gasteiger partial charge on any atom is -0.296 e. The molecule has 0 unspecified atom stereocenters. The highest BCUT2D eigenvalue weighted by atomic mass is 32.2. The fraction of sp³-hybridized carbons (Fsp3) is 0.300. The zero-order chi connectivity index (χ0) is 18.7. The van der Waals surface area contributed by atoms with Crippen molar-refractivity contribution in [3.63, 3.8) is 0 Å². The highest BCUT2D eigenvalue weighted by Crippen LogP contribution is 2.25. The molecule has 2 aromatic heterocycles. The van der Waals surface area contributed by atoms with E-state index < -0.39 is 10.0 Å². The van der Waals surface area contributed by atoms with E-state index >= 15 is 0 Å². The molecule has 1 fully saturated rings. The maximum absolute atomic E-state index is 13.3. The second kappa shape index (κ2) is 7.72. The third-order valence-electron chi connectivity index (χ3n) is 4.87. The molecule has 4 rings (SSSR count). The summed E-state index contributed by atoms with van der Waals surface area (Å²) >= 11 is 0. The molecule has 1 saturated heterocycles. The number of para-hydroxylation sites is 1. The number of pyridine rings is 2. The molecule has 1 aliphatic rings. The lowest BCUT2D eigenvalue weighted by Gasteiger charge is -2.22. The number of benzene rings is 1. The van der Waals surface area contributed by atoms with Crippen LogP contribution in [0.4, 0.5) is 0 Å². The third-order valence-corrected chi connectivity index (χ3v) is 6.80. The van der Waals surface area contributed by atoms with Gasteiger partial charge in [-0.3, -0.25) is 14.9 Å². The largest absolute Gasteiger partial charge is 0.296 e. The van der Waals surface area contributed by atoms with Gasteiger partial charge in [-0.2, -0.15) is 4.31 Å². The highest BCUT2D eigenvalue weighted by Gasteiger charge is 2.28. The first kappa shape index (κ1) is 18.0. The Morgan fingerprint density at radius 3 is 2.56 bits per heavy atom. The average molecular weight is 382 g/mol. The SMILES string of the molecule is O=S(=O)(c1cccc2cccnc12)N1CCCN(Cc2ccccn2)CC1. The van der Waals surface area contributed by atoms with Gasteiger partial charge in [-0.05, 0) is 37.2 Å². The number of fused-ring (bicyclic) bond motifs is 1. The molecule has 0 aliphatic carbocycles. The Hall–Kier alpha value is -2.35. The van der Waals surface area contributed by atoms with E-state index in [2.05, 4.69) is 14.9 Å². The van der Waals surface area contributed by atoms with Crippen LogP contribution in [0.3, 0.4) is 0 Å². The van der Waals surface area contributed by atoms with Crippen molar-refractivity contribution in [2.24, 2.45) is 0 Å². The molecule has 3 heterocycles. The van der Waals surface area contributed by atoms with Crippen LogP contribution >= 0.6 is 0 Å². The van der Waals surface area contributed by atoms with E-state index in [-0.39, 0.29) is 0 Å². The molecule has 140 valence electrons. The van der Waals surface area contributed by atoms with E-state index in [0.29, 0.717) is 30.0 Å². The molecule has 0 N–H and O–H groups in total. The van der Waals surface area contributed by atoms with Crippen molar-refractivity contribution in [2.45, 2.75) is 17.9 Å². The summed E-state index contributed by atoms with van der Waals surface area (Å²) in [6.45, 7) is 3.28. The molecule has 0 spiro atoms. The Balaban J connectivity index is 1.54. The van der Waals surface area contributed by atoms with Crippen molar-refractivity contribution in [3.05, 3.63) is 66.6 Å². The van der Waals surface area contributed by atoms with Gasteiger partial charge < -0.3 is 0 Å². The second-order valence-electron chi connectivity index (χ2n) is 6.69. The molecule has 1 aromatic carbocycles. The molecule has 0 amide bonds. The molecular formula is C20H22N4O2S. The molecule has 3 aromatic rings. The summed E-state index contributed by atoms with van der Waals surface area (Å²) < 4.78 is 28.1. The Bertz CT molecular complexity index is 1020. The Morgan fingerprint density at radius 2 is 1.70 bits per heavy atom. The summed E-state index contributed by atoms with van der Waals surface area (Å²) in [6.07, 6.45) is 4.22. The number of nitrogens with zero attached hydrogens (tertiary/aromatic N) is 4. The van der Waals surface area contributed by atoms with Crippen LogP contribution in [0.15, 0.2) is 65.8 Å². The van der Waals surface area contributed by atoms with E-state index in [1.54, 1.807) is 28.8 Å². The summed E-state index contributed by atoms with van der Waals surface area (Å²) in [6, 6.07) is 14.9. The third kappa shape index (κ3) is 3.85. The molecule has 27 heavy (non-hydrogen) atoms. The number of sulfonamides is 1. The lowest BCUT2D eigenvalue weighted by molar-refractivity contribution is 0.275. The number of hydrogen-bond donors (Lipinski definition) is 0. The van der Waals surface area contributed by atoms with Gasteiger partial charge in [0, 0.05) is 44.0 Å². The van der Waals surface area contributed by atoms with Crippen LogP contribution in [0.1, 0.15) is 12.1 Å². The van der Waals surface area contributed by atoms with Crippen LogP contribution < -0.4 is 0 Å². The van der Waals surface area contributed by atoms with Crippen molar-refractivity contribution in [3.8, 4) is 0 Å². The first-order valence-electron chi connectivity index (χ1n) is 9.11. The van der Waals surface area contributed by atoms with Crippen LogP contribution in [0.5, 0.6) is 0 Å². The van der Waals surface area contributed by atoms with Crippen LogP contribution in [0.2, 0.25) is 0 Å². The molecule has 0 saturated carbocycles. The Morgan fingerprint density at radius 1 is 0.852 bits per heavy atom. The highest BCUT2D eigenvalue weighted by molar-refractivity contribution is 7.89. The first-order valence-corrected chi connectivity index (χ1v) is 10.5. The fourth-order valence-corrected chi connectivity index (χ4v) is 5.12. The van der Waals surface area contributed by atoms with Gasteiger partial charge in [0.15, 0.2) is 0 Å². The maximum atomic E-state index is 13.3. The first-order chi connectivity index (χ1) is 13.1. The molecule has 0 atom stereocenters. The Labute approximate surface area is 159 Å². The molecule has 1 aliphatic heterocycles. The maximum Gasteiger partial charge on any atom is 0.245 e. The monoisotopic (exact) mass is 382 g/mol. The number of aromatic nitrogens is 2. The predicted octanol–water partition coefficient (Wildman–Crippen LogP) is 2.53. The zero-order valence-electron chi connectivity index (χ0n) is 15.0. The summed E-state index contributed by atoms with van der Waals surface area (Å²) in [7, 11) is -3.58. The van der Waals surface area contributed by atoms with Gasteiger partial charge in [0.1, 0.15) is 4.90 Å². The van der Waals surface area contributed by atoms with Crippen LogP contribution in [0.25, 0.3) is 10.9 Å². The van der Waals surface area contributed by atoms with Crippen molar-refractivity contribution in [1.82, 2.24) is 19.2 Å². The zero-order valence-corrected chi connectivity index (χ0v) is 15.8.